The number of para-hydroxylation sites is 9. The number of nitrogens with zero attached hydrogens (tertiary/aromatic N) is 5. The number of methoxy groups -OCH3 is 4. The second kappa shape index (κ2) is 45.4. The van der Waals surface area contributed by atoms with Gasteiger partial charge in [-0.1, -0.05) is 184 Å². The molecule has 21 heteroatoms. The van der Waals surface area contributed by atoms with Gasteiger partial charge in [-0.3, -0.25) is 24.2 Å². The lowest BCUT2D eigenvalue weighted by Gasteiger charge is -2.32. The number of carbonyl (C=O) groups is 3. The number of hydrogen-bond donors (Lipinski definition) is 4. The van der Waals surface area contributed by atoms with E-state index in [1.807, 2.05) is 157 Å². The smallest absolute Gasteiger partial charge is 0.247 e. The van der Waals surface area contributed by atoms with E-state index in [0.29, 0.717) is 75.0 Å². The van der Waals surface area contributed by atoms with Crippen molar-refractivity contribution >= 4 is 78.0 Å². The first kappa shape index (κ1) is 88.3. The zero-order valence-electron chi connectivity index (χ0n) is 70.2. The van der Waals surface area contributed by atoms with Gasteiger partial charge in [0.25, 0.3) is 0 Å². The van der Waals surface area contributed by atoms with Gasteiger partial charge in [-0.25, -0.2) is 0 Å². The molecule has 0 aromatic heterocycles. The van der Waals surface area contributed by atoms with Crippen molar-refractivity contribution in [1.29, 1.82) is 0 Å². The van der Waals surface area contributed by atoms with Gasteiger partial charge in [-0.15, -0.1) is 0 Å². The third kappa shape index (κ3) is 24.9. The van der Waals surface area contributed by atoms with E-state index in [9.17, 15) is 19.5 Å². The number of rotatable bonds is 30. The number of aromatic hydroxyl groups is 1. The minimum atomic E-state index is -0.498. The largest absolute Gasteiger partial charge is 0.506 e. The van der Waals surface area contributed by atoms with E-state index in [1.165, 1.54) is 66.8 Å². The van der Waals surface area contributed by atoms with E-state index in [2.05, 4.69) is 166 Å². The molecule has 19 nitrogen and oxygen atoms in total. The molecular weight excluding hydrogens is 1660 g/mol. The number of nitrogens with one attached hydrogen (secondary N) is 3. The first-order valence-electron chi connectivity index (χ1n) is 42.4. The number of anilines is 5. The fraction of sp³-hybridized carbons (Fsp3) is 0.317. The molecule has 4 N–H and O–H groups in total. The van der Waals surface area contributed by atoms with Crippen LogP contribution in [0.5, 0.6) is 46.0 Å². The molecule has 16 rings (SSSR count). The van der Waals surface area contributed by atoms with Gasteiger partial charge in [-0.05, 0) is 215 Å². The summed E-state index contributed by atoms with van der Waals surface area (Å²) in [5, 5.41) is 19.7. The third-order valence-electron chi connectivity index (χ3n) is 23.2. The molecule has 636 valence electrons. The molecule has 4 fully saturated rings. The van der Waals surface area contributed by atoms with Crippen LogP contribution in [-0.2, 0) is 59.9 Å². The molecule has 0 saturated carbocycles. The Balaban J connectivity index is 0.000000141. The van der Waals surface area contributed by atoms with Crippen molar-refractivity contribution < 1.29 is 52.6 Å². The fourth-order valence-electron chi connectivity index (χ4n) is 16.4. The highest BCUT2D eigenvalue weighted by Gasteiger charge is 2.36. The first-order valence-corrected chi connectivity index (χ1v) is 44.0. The molecule has 122 heavy (non-hydrogen) atoms. The number of amides is 3. The van der Waals surface area contributed by atoms with Gasteiger partial charge < -0.3 is 68.9 Å². The van der Waals surface area contributed by atoms with Crippen molar-refractivity contribution in [2.24, 2.45) is 0 Å². The quantitative estimate of drug-likeness (QED) is 0.0311. The summed E-state index contributed by atoms with van der Waals surface area (Å²) in [5.41, 5.74) is 12.8. The van der Waals surface area contributed by atoms with Crippen LogP contribution in [0.2, 0.25) is 0 Å². The number of phenolic OH excluding ortho intramolecular Hbond substituents is 1. The minimum absolute atomic E-state index is 0.0544. The van der Waals surface area contributed by atoms with E-state index >= 15 is 0 Å². The lowest BCUT2D eigenvalue weighted by molar-refractivity contribution is -0.136. The Bertz CT molecular complexity index is 5100. The molecule has 5 aliphatic heterocycles. The average Bonchev–Trinajstić information content (AvgIpc) is 1.64. The van der Waals surface area contributed by atoms with Crippen LogP contribution in [0.25, 0.3) is 0 Å². The highest BCUT2D eigenvalue weighted by molar-refractivity contribution is 9.10. The van der Waals surface area contributed by atoms with Gasteiger partial charge in [0, 0.05) is 95.3 Å². The van der Waals surface area contributed by atoms with Crippen molar-refractivity contribution in [2.45, 2.75) is 121 Å². The Morgan fingerprint density at radius 1 is 0.426 bits per heavy atom. The summed E-state index contributed by atoms with van der Waals surface area (Å²) in [6, 6.07) is 88.6. The molecule has 0 unspecified atom stereocenters. The molecule has 0 spiro atoms. The van der Waals surface area contributed by atoms with Gasteiger partial charge in [0.1, 0.15) is 71.9 Å². The van der Waals surface area contributed by atoms with E-state index in [1.54, 1.807) is 45.5 Å². The van der Waals surface area contributed by atoms with Crippen molar-refractivity contribution in [3.05, 3.63) is 315 Å². The van der Waals surface area contributed by atoms with Crippen molar-refractivity contribution in [2.75, 3.05) is 108 Å². The number of halogens is 2. The Kier molecular flexibility index (Phi) is 32.9. The van der Waals surface area contributed by atoms with E-state index < -0.39 is 6.04 Å². The maximum Gasteiger partial charge on any atom is 0.247 e. The normalized spacial score (nSPS) is 16.5. The summed E-state index contributed by atoms with van der Waals surface area (Å²) >= 11 is 7.13. The molecule has 11 aromatic carbocycles. The lowest BCUT2D eigenvalue weighted by atomic mass is 10.1. The molecule has 4 atom stereocenters. The van der Waals surface area contributed by atoms with Gasteiger partial charge in [0.2, 0.25) is 17.7 Å². The average molecular weight is 1770 g/mol. The number of carbonyl (C=O) groups excluding carboxylic acids is 3. The van der Waals surface area contributed by atoms with Crippen LogP contribution in [0.4, 0.5) is 28.4 Å². The Morgan fingerprint density at radius 2 is 0.852 bits per heavy atom. The van der Waals surface area contributed by atoms with Crippen molar-refractivity contribution in [1.82, 2.24) is 19.6 Å². The van der Waals surface area contributed by atoms with Crippen molar-refractivity contribution in [3.63, 3.8) is 0 Å². The van der Waals surface area contributed by atoms with Crippen molar-refractivity contribution in [3.8, 4) is 46.0 Å². The van der Waals surface area contributed by atoms with E-state index in [0.717, 1.165) is 136 Å². The fourth-order valence-corrected chi connectivity index (χ4v) is 17.2. The van der Waals surface area contributed by atoms with Crippen LogP contribution in [0.1, 0.15) is 90.3 Å². The van der Waals surface area contributed by atoms with Crippen LogP contribution in [0, 0.1) is 0 Å². The maximum atomic E-state index is 13.2. The van der Waals surface area contributed by atoms with Gasteiger partial charge >= 0.3 is 0 Å². The van der Waals surface area contributed by atoms with Gasteiger partial charge in [0.05, 0.1) is 64.0 Å². The molecule has 11 aromatic rings. The minimum Gasteiger partial charge on any atom is -0.506 e. The van der Waals surface area contributed by atoms with E-state index in [4.69, 9.17) is 33.2 Å². The summed E-state index contributed by atoms with van der Waals surface area (Å²) in [7, 11) is 6.67. The van der Waals surface area contributed by atoms with Crippen LogP contribution in [0.3, 0.4) is 0 Å². The second-order valence-electron chi connectivity index (χ2n) is 31.1. The molecule has 4 saturated heterocycles. The van der Waals surface area contributed by atoms with Crippen LogP contribution < -0.4 is 54.0 Å². The summed E-state index contributed by atoms with van der Waals surface area (Å²) < 4.78 is 41.2. The predicted molar refractivity (Wildman–Crippen MR) is 493 cm³/mol. The summed E-state index contributed by atoms with van der Waals surface area (Å²) in [6.07, 6.45) is 11.2. The molecule has 0 aliphatic carbocycles. The zero-order valence-corrected chi connectivity index (χ0v) is 73.4. The predicted octanol–water partition coefficient (Wildman–Crippen LogP) is 19.8. The van der Waals surface area contributed by atoms with Crippen LogP contribution >= 0.6 is 31.9 Å². The molecule has 5 aliphatic rings. The Morgan fingerprint density at radius 3 is 1.43 bits per heavy atom. The third-order valence-corrected chi connectivity index (χ3v) is 24.7. The number of benzene rings is 11. The topological polar surface area (TPSA) is 188 Å². The maximum absolute atomic E-state index is 13.2. The molecule has 0 bridgehead atoms. The summed E-state index contributed by atoms with van der Waals surface area (Å²) in [4.78, 5) is 50.2. The highest BCUT2D eigenvalue weighted by Crippen LogP contribution is 2.41. The SMILES string of the molecule is COc1ccc(CC(=O)N2CCC[C@@H]2C(=O)Nc2ccccc2OCc2ccccc2Br)cc1.COc1ccc(CC(=O)N2CCC[C@@H]2CNc2ccccc2O)cc1.COc1ccc(CCN2CCC[C@@H]2CN2c3ccccc3COc3ccccc32)cc1.COc1ccc(CCN2CCC[C@@H]2CNc2ccccc2OCc2ccccc2Br)cc1. The number of likely N-dealkylation sites (tertiary alicyclic amines) is 4. The van der Waals surface area contributed by atoms with Crippen LogP contribution in [0.15, 0.2) is 276 Å². The molecular formula is C101H112Br2N8O11. The van der Waals surface area contributed by atoms with Gasteiger partial charge in [-0.2, -0.15) is 0 Å². The van der Waals surface area contributed by atoms with Crippen LogP contribution in [-0.4, -0.2) is 154 Å². The lowest BCUT2D eigenvalue weighted by Crippen LogP contribution is -2.43. The Labute approximate surface area is 735 Å². The number of phenols is 1. The summed E-state index contributed by atoms with van der Waals surface area (Å²) in [6.45, 7) is 9.97. The zero-order chi connectivity index (χ0) is 84.8. The number of hydrogen-bond acceptors (Lipinski definition) is 16. The van der Waals surface area contributed by atoms with E-state index in [-0.39, 0.29) is 35.9 Å². The second-order valence-corrected chi connectivity index (χ2v) is 32.8. The van der Waals surface area contributed by atoms with Gasteiger partial charge in [0.15, 0.2) is 0 Å². The standard InChI is InChI=1S/C27H27BrN2O4.C27H31BrN2O2.C27H30N2O2.C20H24N2O3/c1-33-21-14-12-19(13-15-21)17-26(31)30-16-6-10-24(30)27(32)29-23-9-4-5-11-25(23)34-18-20-7-2-3-8-22(20)28;1-31-24-14-12-21(13-15-24)16-18-30-17-6-8-23(30)19-29-26-10-4-5-11-27(26)32-20-22-7-2-3-9-25(22)28;1-30-24-14-12-21(13-15-24)16-18-28-17-6-8-23(28)19-29-25-9-3-2-7-22(25)20-31-27-11-5-4-10-26(27)29;1-25-17-10-8-15(9-11-17)13-20(24)22-12-4-5-16(22)14-21-18-6-2-3-7-19(18)23/h2-5,7-9,11-15,24H,6,10,16-18H2,1H3,(H,29,32);2-5,7,9-15,23,29H,6,8,16-20H2,1H3;2-5,7,9-15,23H,6,8,16-20H2,1H3;2-3,6-11,16,21,23H,4-5,12-14H2,1H3/t24-;2*23-;16-/m1111/s1. The Hall–Kier alpha value is -11.5. The molecule has 3 amide bonds. The number of ether oxygens (including phenoxy) is 7. The first-order chi connectivity index (χ1) is 59.8. The monoisotopic (exact) mass is 1770 g/mol. The number of fused-ring (bicyclic) bond motifs is 2. The molecule has 5 heterocycles. The highest BCUT2D eigenvalue weighted by atomic mass is 79.9. The summed E-state index contributed by atoms with van der Waals surface area (Å²) in [5.74, 6) is 5.95. The molecule has 0 radical (unpaired) electrons.